The van der Waals surface area contributed by atoms with Crippen LogP contribution in [0.5, 0.6) is 0 Å². The number of hydrogen-bond acceptors (Lipinski definition) is 4. The Balaban J connectivity index is 4.24. The van der Waals surface area contributed by atoms with Gasteiger partial charge in [-0.1, -0.05) is 0 Å². The summed E-state index contributed by atoms with van der Waals surface area (Å²) in [6, 6.07) is 0. The summed E-state index contributed by atoms with van der Waals surface area (Å²) in [5.74, 6) is -3.61. The lowest BCUT2D eigenvalue weighted by Gasteiger charge is -2.08. The first-order valence-electron chi connectivity index (χ1n) is 3.97. The molecule has 0 atom stereocenters. The average Bonchev–Trinajstić information content (AvgIpc) is 2.00. The highest BCUT2D eigenvalue weighted by molar-refractivity contribution is 6.09. The number of rotatable bonds is 2. The molecule has 6 heteroatoms. The van der Waals surface area contributed by atoms with Gasteiger partial charge in [-0.25, -0.2) is 0 Å². The minimum Gasteiger partial charge on any atom is -0.296 e. The van der Waals surface area contributed by atoms with Crippen molar-refractivity contribution in [3.63, 3.8) is 0 Å². The SMILES string of the molecule is CC(=O)NC(=O)C(C)C(=O)NC(C)=O. The van der Waals surface area contributed by atoms with Crippen LogP contribution in [0.3, 0.4) is 0 Å². The number of hydrogen-bond donors (Lipinski definition) is 2. The molecule has 4 amide bonds. The summed E-state index contributed by atoms with van der Waals surface area (Å²) in [6.45, 7) is 3.62. The van der Waals surface area contributed by atoms with E-state index in [2.05, 4.69) is 0 Å². The van der Waals surface area contributed by atoms with Crippen molar-refractivity contribution in [3.8, 4) is 0 Å². The summed E-state index contributed by atoms with van der Waals surface area (Å²) in [7, 11) is 0. The van der Waals surface area contributed by atoms with Crippen LogP contribution in [-0.2, 0) is 19.2 Å². The summed E-state index contributed by atoms with van der Waals surface area (Å²) in [6.07, 6.45) is 0. The lowest BCUT2D eigenvalue weighted by atomic mass is 10.1. The molecule has 0 bridgehead atoms. The molecule has 78 valence electrons. The van der Waals surface area contributed by atoms with E-state index in [0.717, 1.165) is 13.8 Å². The van der Waals surface area contributed by atoms with Crippen LogP contribution >= 0.6 is 0 Å². The first-order chi connectivity index (χ1) is 6.34. The molecule has 0 fully saturated rings. The third-order valence-electron chi connectivity index (χ3n) is 1.39. The van der Waals surface area contributed by atoms with E-state index in [1.54, 1.807) is 0 Å². The fourth-order valence-electron chi connectivity index (χ4n) is 0.683. The number of amides is 4. The van der Waals surface area contributed by atoms with E-state index in [4.69, 9.17) is 0 Å². The first-order valence-corrected chi connectivity index (χ1v) is 3.97. The standard InChI is InChI=1S/C8H12N2O4/c1-4(7(13)9-5(2)11)8(14)10-6(3)12/h4H,1-3H3,(H,9,11,13)(H,10,12,14). The van der Waals surface area contributed by atoms with Gasteiger partial charge in [0.15, 0.2) is 0 Å². The van der Waals surface area contributed by atoms with Gasteiger partial charge in [-0.05, 0) is 6.92 Å². The molecule has 14 heavy (non-hydrogen) atoms. The fraction of sp³-hybridized carbons (Fsp3) is 0.500. The molecule has 0 aromatic rings. The van der Waals surface area contributed by atoms with Gasteiger partial charge in [0.2, 0.25) is 23.6 Å². The monoisotopic (exact) mass is 200 g/mol. The van der Waals surface area contributed by atoms with Crippen LogP contribution in [0.15, 0.2) is 0 Å². The lowest BCUT2D eigenvalue weighted by Crippen LogP contribution is -2.42. The second-order valence-electron chi connectivity index (χ2n) is 2.81. The molecular weight excluding hydrogens is 188 g/mol. The molecule has 0 heterocycles. The van der Waals surface area contributed by atoms with Crippen LogP contribution in [0, 0.1) is 5.92 Å². The lowest BCUT2D eigenvalue weighted by molar-refractivity contribution is -0.138. The van der Waals surface area contributed by atoms with Crippen molar-refractivity contribution in [2.75, 3.05) is 0 Å². The van der Waals surface area contributed by atoms with Gasteiger partial charge < -0.3 is 0 Å². The minimum atomic E-state index is -1.07. The fourth-order valence-corrected chi connectivity index (χ4v) is 0.683. The number of nitrogens with one attached hydrogen (secondary N) is 2. The van der Waals surface area contributed by atoms with Crippen LogP contribution in [-0.4, -0.2) is 23.6 Å². The molecule has 0 aromatic heterocycles. The van der Waals surface area contributed by atoms with E-state index in [0.29, 0.717) is 0 Å². The largest absolute Gasteiger partial charge is 0.296 e. The molecule has 0 spiro atoms. The van der Waals surface area contributed by atoms with Crippen LogP contribution in [0.1, 0.15) is 20.8 Å². The van der Waals surface area contributed by atoms with E-state index in [1.165, 1.54) is 6.92 Å². The molecule has 0 saturated heterocycles. The van der Waals surface area contributed by atoms with Crippen molar-refractivity contribution in [2.24, 2.45) is 5.92 Å². The molecule has 0 unspecified atom stereocenters. The van der Waals surface area contributed by atoms with E-state index in [-0.39, 0.29) is 0 Å². The maximum absolute atomic E-state index is 11.1. The zero-order valence-electron chi connectivity index (χ0n) is 8.21. The summed E-state index contributed by atoms with van der Waals surface area (Å²) in [4.78, 5) is 43.1. The quantitative estimate of drug-likeness (QED) is 0.556. The molecule has 0 radical (unpaired) electrons. The van der Waals surface area contributed by atoms with Gasteiger partial charge in [0.1, 0.15) is 5.92 Å². The van der Waals surface area contributed by atoms with E-state index < -0.39 is 29.5 Å². The van der Waals surface area contributed by atoms with Gasteiger partial charge >= 0.3 is 0 Å². The Hall–Kier alpha value is -1.72. The Bertz CT molecular complexity index is 257. The van der Waals surface area contributed by atoms with Crippen molar-refractivity contribution < 1.29 is 19.2 Å². The second kappa shape index (κ2) is 5.11. The van der Waals surface area contributed by atoms with E-state index >= 15 is 0 Å². The Labute approximate surface area is 81.0 Å². The van der Waals surface area contributed by atoms with Crippen molar-refractivity contribution >= 4 is 23.6 Å². The summed E-state index contributed by atoms with van der Waals surface area (Å²) >= 11 is 0. The first kappa shape index (κ1) is 12.3. The van der Waals surface area contributed by atoms with Crippen molar-refractivity contribution in [2.45, 2.75) is 20.8 Å². The van der Waals surface area contributed by atoms with Gasteiger partial charge in [0, 0.05) is 13.8 Å². The van der Waals surface area contributed by atoms with Gasteiger partial charge in [-0.3, -0.25) is 29.8 Å². The van der Waals surface area contributed by atoms with Crippen molar-refractivity contribution in [3.05, 3.63) is 0 Å². The van der Waals surface area contributed by atoms with Crippen LogP contribution in [0.25, 0.3) is 0 Å². The zero-order chi connectivity index (χ0) is 11.3. The highest BCUT2D eigenvalue weighted by Gasteiger charge is 2.22. The van der Waals surface area contributed by atoms with Crippen molar-refractivity contribution in [1.29, 1.82) is 0 Å². The van der Waals surface area contributed by atoms with Gasteiger partial charge in [0.25, 0.3) is 0 Å². The van der Waals surface area contributed by atoms with Crippen LogP contribution in [0.4, 0.5) is 0 Å². The number of imide groups is 2. The molecule has 0 saturated carbocycles. The van der Waals surface area contributed by atoms with E-state index in [9.17, 15) is 19.2 Å². The zero-order valence-corrected chi connectivity index (χ0v) is 8.21. The van der Waals surface area contributed by atoms with Gasteiger partial charge in [-0.15, -0.1) is 0 Å². The molecule has 2 N–H and O–H groups in total. The average molecular weight is 200 g/mol. The Morgan fingerprint density at radius 1 is 0.857 bits per heavy atom. The molecule has 0 aromatic carbocycles. The van der Waals surface area contributed by atoms with Crippen LogP contribution in [0.2, 0.25) is 0 Å². The van der Waals surface area contributed by atoms with Crippen LogP contribution < -0.4 is 10.6 Å². The number of carbonyl (C=O) groups is 4. The molecule has 0 aliphatic carbocycles. The Morgan fingerprint density at radius 2 is 1.14 bits per heavy atom. The predicted molar refractivity (Wildman–Crippen MR) is 46.8 cm³/mol. The minimum absolute atomic E-state index is 0.544. The van der Waals surface area contributed by atoms with Crippen molar-refractivity contribution in [1.82, 2.24) is 10.6 Å². The normalized spacial score (nSPS) is 9.43. The highest BCUT2D eigenvalue weighted by Crippen LogP contribution is 1.94. The molecule has 0 aliphatic heterocycles. The third-order valence-corrected chi connectivity index (χ3v) is 1.39. The molecule has 0 rings (SSSR count). The smallest absolute Gasteiger partial charge is 0.238 e. The van der Waals surface area contributed by atoms with E-state index in [1.807, 2.05) is 10.6 Å². The Kier molecular flexibility index (Phi) is 4.48. The Morgan fingerprint density at radius 3 is 1.36 bits per heavy atom. The van der Waals surface area contributed by atoms with Gasteiger partial charge in [-0.2, -0.15) is 0 Å². The summed E-state index contributed by atoms with van der Waals surface area (Å²) in [5, 5.41) is 3.89. The molecule has 0 aliphatic rings. The molecular formula is C8H12N2O4. The topological polar surface area (TPSA) is 92.3 Å². The predicted octanol–water partition coefficient (Wildman–Crippen LogP) is -1.05. The third kappa shape index (κ3) is 4.34. The molecule has 6 nitrogen and oxygen atoms in total. The maximum atomic E-state index is 11.1. The van der Waals surface area contributed by atoms with Gasteiger partial charge in [0.05, 0.1) is 0 Å². The maximum Gasteiger partial charge on any atom is 0.238 e. The highest BCUT2D eigenvalue weighted by atomic mass is 16.2. The number of carbonyl (C=O) groups excluding carboxylic acids is 4. The summed E-state index contributed by atoms with van der Waals surface area (Å²) < 4.78 is 0. The summed E-state index contributed by atoms with van der Waals surface area (Å²) in [5.41, 5.74) is 0. The second-order valence-corrected chi connectivity index (χ2v) is 2.81.